The Morgan fingerprint density at radius 3 is 2.38 bits per heavy atom. The van der Waals surface area contributed by atoms with Gasteiger partial charge in [0.2, 0.25) is 5.16 Å². The number of nitrogens with one attached hydrogen (secondary N) is 1. The molecule has 1 aliphatic heterocycles. The minimum atomic E-state index is -0.101. The largest absolute Gasteiger partial charge is 0.270 e. The molecule has 26 heavy (non-hydrogen) atoms. The van der Waals surface area contributed by atoms with Crippen LogP contribution in [0, 0.1) is 0 Å². The highest BCUT2D eigenvalue weighted by Gasteiger charge is 2.33. The van der Waals surface area contributed by atoms with Crippen molar-refractivity contribution in [3.63, 3.8) is 0 Å². The van der Waals surface area contributed by atoms with E-state index in [4.69, 9.17) is 0 Å². The lowest BCUT2D eigenvalue weighted by Crippen LogP contribution is -2.36. The summed E-state index contributed by atoms with van der Waals surface area (Å²) in [6.45, 7) is 1.95. The molecule has 1 fully saturated rings. The molecule has 3 aromatic rings. The maximum Gasteiger partial charge on any atom is 0.270 e. The molecule has 1 aliphatic rings. The maximum absolute atomic E-state index is 12.8. The van der Waals surface area contributed by atoms with Gasteiger partial charge in [-0.2, -0.15) is 4.68 Å². The molecule has 1 atom stereocenters. The first kappa shape index (κ1) is 16.5. The third kappa shape index (κ3) is 3.12. The summed E-state index contributed by atoms with van der Waals surface area (Å²) in [6, 6.07) is 19.0. The Bertz CT molecular complexity index is 941. The number of carbonyl (C=O) groups is 1. The summed E-state index contributed by atoms with van der Waals surface area (Å²) in [5, 5.41) is 15.8. The second kappa shape index (κ2) is 7.11. The van der Waals surface area contributed by atoms with Gasteiger partial charge in [0.25, 0.3) is 5.91 Å². The van der Waals surface area contributed by atoms with Crippen LogP contribution in [-0.2, 0) is 4.79 Å². The first-order chi connectivity index (χ1) is 12.7. The minimum absolute atomic E-state index is 0.0741. The number of rotatable bonds is 4. The van der Waals surface area contributed by atoms with Crippen molar-refractivity contribution in [2.75, 3.05) is 5.01 Å². The van der Waals surface area contributed by atoms with Crippen LogP contribution < -0.4 is 10.4 Å². The second-order valence-corrected chi connectivity index (χ2v) is 6.56. The van der Waals surface area contributed by atoms with Crippen LogP contribution in [-0.4, -0.2) is 32.2 Å². The van der Waals surface area contributed by atoms with Crippen LogP contribution in [0.2, 0.25) is 0 Å². The predicted molar refractivity (Wildman–Crippen MR) is 99.6 cm³/mol. The topological polar surface area (TPSA) is 75.9 Å². The number of carbonyl (C=O) groups excluding carboxylic acids is 1. The number of para-hydroxylation sites is 2. The van der Waals surface area contributed by atoms with Crippen molar-refractivity contribution < 1.29 is 4.79 Å². The normalized spacial score (nSPS) is 18.7. The first-order valence-electron chi connectivity index (χ1n) is 8.10. The van der Waals surface area contributed by atoms with Crippen molar-refractivity contribution >= 4 is 23.4 Å². The number of hydrogen-bond donors (Lipinski definition) is 1. The zero-order chi connectivity index (χ0) is 17.9. The second-order valence-electron chi connectivity index (χ2n) is 5.73. The molecule has 1 N–H and O–H groups in total. The number of aromatic nitrogens is 4. The van der Waals surface area contributed by atoms with Crippen LogP contribution >= 0.6 is 11.8 Å². The average Bonchev–Trinajstić information content (AvgIpc) is 3.26. The molecule has 1 aromatic heterocycles. The molecular formula is C18H16N6OS. The molecule has 1 saturated heterocycles. The lowest BCUT2D eigenvalue weighted by Gasteiger charge is -2.15. The monoisotopic (exact) mass is 364 g/mol. The fraction of sp³-hybridized carbons (Fsp3) is 0.111. The summed E-state index contributed by atoms with van der Waals surface area (Å²) >= 11 is 1.33. The Labute approximate surface area is 154 Å². The zero-order valence-corrected chi connectivity index (χ0v) is 14.8. The van der Waals surface area contributed by atoms with E-state index in [-0.39, 0.29) is 11.9 Å². The van der Waals surface area contributed by atoms with E-state index in [1.54, 1.807) is 9.69 Å². The summed E-state index contributed by atoms with van der Waals surface area (Å²) in [7, 11) is 0. The van der Waals surface area contributed by atoms with Gasteiger partial charge < -0.3 is 0 Å². The number of nitrogens with zero attached hydrogens (tertiary/aromatic N) is 5. The van der Waals surface area contributed by atoms with E-state index in [1.807, 2.05) is 73.0 Å². The number of tetrazole rings is 1. The number of amides is 1. The lowest BCUT2D eigenvalue weighted by atomic mass is 10.2. The average molecular weight is 364 g/mol. The highest BCUT2D eigenvalue weighted by molar-refractivity contribution is 8.02. The van der Waals surface area contributed by atoms with E-state index >= 15 is 0 Å². The highest BCUT2D eigenvalue weighted by atomic mass is 32.2. The molecule has 8 heteroatoms. The van der Waals surface area contributed by atoms with E-state index in [2.05, 4.69) is 21.0 Å². The fourth-order valence-corrected chi connectivity index (χ4v) is 3.52. The van der Waals surface area contributed by atoms with Gasteiger partial charge in [-0.3, -0.25) is 4.79 Å². The van der Waals surface area contributed by atoms with Gasteiger partial charge in [0.15, 0.2) is 0 Å². The Morgan fingerprint density at radius 1 is 1.04 bits per heavy atom. The van der Waals surface area contributed by atoms with Gasteiger partial charge in [0.1, 0.15) is 0 Å². The quantitative estimate of drug-likeness (QED) is 0.566. The van der Waals surface area contributed by atoms with Gasteiger partial charge in [-0.05, 0) is 47.0 Å². The van der Waals surface area contributed by atoms with Gasteiger partial charge >= 0.3 is 0 Å². The van der Waals surface area contributed by atoms with Gasteiger partial charge in [0.05, 0.1) is 17.4 Å². The van der Waals surface area contributed by atoms with Crippen molar-refractivity contribution in [3.8, 4) is 5.69 Å². The minimum Gasteiger partial charge on any atom is -0.267 e. The third-order valence-corrected chi connectivity index (χ3v) is 4.82. The summed E-state index contributed by atoms with van der Waals surface area (Å²) in [6.07, 6.45) is 0. The molecule has 7 nitrogen and oxygen atoms in total. The maximum atomic E-state index is 12.8. The predicted octanol–water partition coefficient (Wildman–Crippen LogP) is 2.58. The van der Waals surface area contributed by atoms with Crippen LogP contribution in [0.15, 0.2) is 76.8 Å². The lowest BCUT2D eigenvalue weighted by molar-refractivity contribution is -0.114. The van der Waals surface area contributed by atoms with E-state index in [0.29, 0.717) is 10.7 Å². The van der Waals surface area contributed by atoms with Gasteiger partial charge in [0, 0.05) is 5.57 Å². The molecule has 1 amide bonds. The molecule has 130 valence electrons. The number of anilines is 1. The molecule has 1 unspecified atom stereocenters. The van der Waals surface area contributed by atoms with Crippen molar-refractivity contribution in [1.29, 1.82) is 0 Å². The third-order valence-electron chi connectivity index (χ3n) is 3.99. The Balaban J connectivity index is 1.57. The Morgan fingerprint density at radius 2 is 1.69 bits per heavy atom. The summed E-state index contributed by atoms with van der Waals surface area (Å²) < 4.78 is 1.65. The first-order valence-corrected chi connectivity index (χ1v) is 8.98. The van der Waals surface area contributed by atoms with E-state index in [1.165, 1.54) is 11.8 Å². The fourth-order valence-electron chi connectivity index (χ4n) is 2.66. The number of thioether (sulfide) groups is 1. The summed E-state index contributed by atoms with van der Waals surface area (Å²) in [4.78, 5) is 12.8. The van der Waals surface area contributed by atoms with Crippen LogP contribution in [0.3, 0.4) is 0 Å². The van der Waals surface area contributed by atoms with Gasteiger partial charge in [-0.15, -0.1) is 5.10 Å². The summed E-state index contributed by atoms with van der Waals surface area (Å²) in [5.41, 5.74) is 5.54. The zero-order valence-electron chi connectivity index (χ0n) is 14.0. The number of hydrazine groups is 1. The SMILES string of the molecule is CC1NN(c2ccccc2)C(=O)/C1=C/Sc1nnnn1-c1ccccc1. The van der Waals surface area contributed by atoms with Gasteiger partial charge in [-0.1, -0.05) is 48.2 Å². The van der Waals surface area contributed by atoms with E-state index < -0.39 is 0 Å². The van der Waals surface area contributed by atoms with Crippen molar-refractivity contribution in [1.82, 2.24) is 25.6 Å². The van der Waals surface area contributed by atoms with Crippen LogP contribution in [0.5, 0.6) is 0 Å². The van der Waals surface area contributed by atoms with E-state index in [9.17, 15) is 4.79 Å². The van der Waals surface area contributed by atoms with Crippen LogP contribution in [0.4, 0.5) is 5.69 Å². The number of hydrogen-bond acceptors (Lipinski definition) is 6. The molecule has 0 spiro atoms. The van der Waals surface area contributed by atoms with Gasteiger partial charge in [-0.25, -0.2) is 10.4 Å². The number of benzene rings is 2. The molecule has 0 bridgehead atoms. The molecule has 2 heterocycles. The molecular weight excluding hydrogens is 348 g/mol. The Hall–Kier alpha value is -2.97. The van der Waals surface area contributed by atoms with Crippen LogP contribution in [0.1, 0.15) is 6.92 Å². The molecule has 2 aromatic carbocycles. The van der Waals surface area contributed by atoms with Crippen LogP contribution in [0.25, 0.3) is 5.69 Å². The molecule has 0 saturated carbocycles. The highest BCUT2D eigenvalue weighted by Crippen LogP contribution is 2.27. The molecule has 0 aliphatic carbocycles. The van der Waals surface area contributed by atoms with Crippen molar-refractivity contribution in [2.24, 2.45) is 0 Å². The molecule has 0 radical (unpaired) electrons. The molecule has 4 rings (SSSR count). The van der Waals surface area contributed by atoms with E-state index in [0.717, 1.165) is 11.4 Å². The van der Waals surface area contributed by atoms with Crippen molar-refractivity contribution in [3.05, 3.63) is 71.6 Å². The smallest absolute Gasteiger partial charge is 0.267 e. The standard InChI is InChI=1S/C18H16N6OS/c1-13-16(17(25)23(20-13)14-8-4-2-5-9-14)12-26-18-19-21-22-24(18)15-10-6-3-7-11-15/h2-13,20H,1H3/b16-12+. The Kier molecular flexibility index (Phi) is 4.51. The summed E-state index contributed by atoms with van der Waals surface area (Å²) in [5.74, 6) is -0.0741. The van der Waals surface area contributed by atoms with Crippen molar-refractivity contribution in [2.45, 2.75) is 18.1 Å².